The number of aliphatic hydroxyl groups is 1. The van der Waals surface area contributed by atoms with E-state index in [1.54, 1.807) is 25.1 Å². The molecule has 0 amide bonds. The van der Waals surface area contributed by atoms with E-state index >= 15 is 0 Å². The van der Waals surface area contributed by atoms with Crippen molar-refractivity contribution in [1.29, 1.82) is 0 Å². The van der Waals surface area contributed by atoms with E-state index in [4.69, 9.17) is 10.5 Å². The minimum atomic E-state index is -0.650. The van der Waals surface area contributed by atoms with Gasteiger partial charge in [-0.25, -0.2) is 4.79 Å². The number of ether oxygens (including phenoxy) is 1. The van der Waals surface area contributed by atoms with Crippen LogP contribution < -0.4 is 10.6 Å². The number of benzene rings is 1. The zero-order valence-electron chi connectivity index (χ0n) is 12.8. The Balaban J connectivity index is 2.32. The van der Waals surface area contributed by atoms with Gasteiger partial charge in [-0.1, -0.05) is 6.07 Å². The molecule has 0 aliphatic carbocycles. The molecule has 1 atom stereocenters. The third kappa shape index (κ3) is 3.67. The van der Waals surface area contributed by atoms with E-state index < -0.39 is 5.60 Å². The van der Waals surface area contributed by atoms with Gasteiger partial charge in [0.1, 0.15) is 0 Å². The fraction of sp³-hybridized carbons (Fsp3) is 0.562. The summed E-state index contributed by atoms with van der Waals surface area (Å²) in [5.74, 6) is -0.351. The summed E-state index contributed by atoms with van der Waals surface area (Å²) in [6, 6.07) is 5.30. The second kappa shape index (κ2) is 6.35. The number of nitrogen functional groups attached to an aromatic ring is 1. The first-order chi connectivity index (χ1) is 9.94. The van der Waals surface area contributed by atoms with Crippen LogP contribution in [0.1, 0.15) is 43.5 Å². The highest BCUT2D eigenvalue weighted by atomic mass is 16.5. The molecule has 0 spiro atoms. The fourth-order valence-electron chi connectivity index (χ4n) is 2.77. The van der Waals surface area contributed by atoms with Crippen molar-refractivity contribution in [3.05, 3.63) is 23.8 Å². The lowest BCUT2D eigenvalue weighted by molar-refractivity contribution is 0.0481. The van der Waals surface area contributed by atoms with Crippen LogP contribution in [0.5, 0.6) is 0 Å². The van der Waals surface area contributed by atoms with Gasteiger partial charge in [0.25, 0.3) is 0 Å². The smallest absolute Gasteiger partial charge is 0.340 e. The summed E-state index contributed by atoms with van der Waals surface area (Å²) in [4.78, 5) is 14.2. The van der Waals surface area contributed by atoms with Crippen LogP contribution in [-0.2, 0) is 4.74 Å². The topological polar surface area (TPSA) is 75.8 Å². The first kappa shape index (κ1) is 15.6. The maximum Gasteiger partial charge on any atom is 0.340 e. The molecule has 3 N–H and O–H groups in total. The Bertz CT molecular complexity index is 514. The van der Waals surface area contributed by atoms with Crippen molar-refractivity contribution < 1.29 is 14.6 Å². The van der Waals surface area contributed by atoms with Gasteiger partial charge in [0.05, 0.1) is 29.1 Å². The third-order valence-corrected chi connectivity index (χ3v) is 3.94. The molecule has 1 aliphatic heterocycles. The summed E-state index contributed by atoms with van der Waals surface area (Å²) < 4.78 is 5.12. The van der Waals surface area contributed by atoms with Crippen LogP contribution in [0.25, 0.3) is 0 Å². The highest BCUT2D eigenvalue weighted by Gasteiger charge is 2.28. The van der Waals surface area contributed by atoms with Gasteiger partial charge in [-0.05, 0) is 45.2 Å². The van der Waals surface area contributed by atoms with Gasteiger partial charge in [0.2, 0.25) is 0 Å². The Morgan fingerprint density at radius 1 is 1.43 bits per heavy atom. The summed E-state index contributed by atoms with van der Waals surface area (Å²) in [5, 5.41) is 10.2. The molecule has 2 rings (SSSR count). The standard InChI is InChI=1S/C16H24N2O3/c1-3-21-15(19)12-6-4-7-13(17)14(12)18-10-5-8-16(2,20)9-11-18/h4,6-7,20H,3,5,8-11,17H2,1-2H3. The Hall–Kier alpha value is -1.75. The lowest BCUT2D eigenvalue weighted by Gasteiger charge is -2.27. The van der Waals surface area contributed by atoms with Crippen molar-refractivity contribution in [1.82, 2.24) is 0 Å². The Labute approximate surface area is 125 Å². The largest absolute Gasteiger partial charge is 0.462 e. The minimum Gasteiger partial charge on any atom is -0.462 e. The van der Waals surface area contributed by atoms with Crippen molar-refractivity contribution in [3.8, 4) is 0 Å². The molecule has 21 heavy (non-hydrogen) atoms. The maximum atomic E-state index is 12.1. The van der Waals surface area contributed by atoms with Crippen LogP contribution in [0, 0.1) is 0 Å². The van der Waals surface area contributed by atoms with Crippen LogP contribution in [0.2, 0.25) is 0 Å². The van der Waals surface area contributed by atoms with Crippen molar-refractivity contribution >= 4 is 17.3 Å². The Kier molecular flexibility index (Phi) is 4.73. The van der Waals surface area contributed by atoms with Gasteiger partial charge in [-0.2, -0.15) is 0 Å². The summed E-state index contributed by atoms with van der Waals surface area (Å²) >= 11 is 0. The lowest BCUT2D eigenvalue weighted by Crippen LogP contribution is -2.30. The molecule has 1 heterocycles. The number of carbonyl (C=O) groups excluding carboxylic acids is 1. The molecular weight excluding hydrogens is 268 g/mol. The second-order valence-electron chi connectivity index (χ2n) is 5.80. The summed E-state index contributed by atoms with van der Waals surface area (Å²) in [6.07, 6.45) is 2.28. The Morgan fingerprint density at radius 2 is 2.19 bits per heavy atom. The number of nitrogens with two attached hydrogens (primary N) is 1. The molecular formula is C16H24N2O3. The summed E-state index contributed by atoms with van der Waals surface area (Å²) in [7, 11) is 0. The quantitative estimate of drug-likeness (QED) is 0.659. The first-order valence-corrected chi connectivity index (χ1v) is 7.47. The number of carbonyl (C=O) groups is 1. The van der Waals surface area contributed by atoms with Gasteiger partial charge >= 0.3 is 5.97 Å². The summed E-state index contributed by atoms with van der Waals surface area (Å²) in [5.41, 5.74) is 7.24. The Morgan fingerprint density at radius 3 is 2.90 bits per heavy atom. The van der Waals surface area contributed by atoms with Crippen LogP contribution in [0.15, 0.2) is 18.2 Å². The van der Waals surface area contributed by atoms with Crippen molar-refractivity contribution in [2.45, 2.75) is 38.7 Å². The van der Waals surface area contributed by atoms with Gasteiger partial charge in [-0.15, -0.1) is 0 Å². The number of hydrogen-bond acceptors (Lipinski definition) is 5. The number of nitrogens with zero attached hydrogens (tertiary/aromatic N) is 1. The van der Waals surface area contributed by atoms with E-state index in [1.165, 1.54) is 0 Å². The van der Waals surface area contributed by atoms with Crippen LogP contribution in [0.3, 0.4) is 0 Å². The molecule has 5 heteroatoms. The van der Waals surface area contributed by atoms with Crippen LogP contribution >= 0.6 is 0 Å². The van der Waals surface area contributed by atoms with Gasteiger partial charge < -0.3 is 20.5 Å². The predicted molar refractivity (Wildman–Crippen MR) is 83.5 cm³/mol. The third-order valence-electron chi connectivity index (χ3n) is 3.94. The monoisotopic (exact) mass is 292 g/mol. The number of para-hydroxylation sites is 1. The molecule has 0 bridgehead atoms. The van der Waals surface area contributed by atoms with E-state index in [1.807, 2.05) is 6.92 Å². The molecule has 1 aromatic carbocycles. The average molecular weight is 292 g/mol. The van der Waals surface area contributed by atoms with Gasteiger partial charge in [0, 0.05) is 13.1 Å². The van der Waals surface area contributed by atoms with Crippen molar-refractivity contribution in [2.75, 3.05) is 30.3 Å². The number of anilines is 2. The molecule has 5 nitrogen and oxygen atoms in total. The minimum absolute atomic E-state index is 0.335. The molecule has 0 radical (unpaired) electrons. The molecule has 1 aromatic rings. The van der Waals surface area contributed by atoms with E-state index in [0.717, 1.165) is 25.1 Å². The van der Waals surface area contributed by atoms with Crippen molar-refractivity contribution in [3.63, 3.8) is 0 Å². The van der Waals surface area contributed by atoms with E-state index in [-0.39, 0.29) is 5.97 Å². The lowest BCUT2D eigenvalue weighted by atomic mass is 9.98. The SMILES string of the molecule is CCOC(=O)c1cccc(N)c1N1CCCC(C)(O)CC1. The molecule has 1 saturated heterocycles. The first-order valence-electron chi connectivity index (χ1n) is 7.47. The van der Waals surface area contributed by atoms with Gasteiger partial charge in [0.15, 0.2) is 0 Å². The molecule has 116 valence electrons. The predicted octanol–water partition coefficient (Wildman–Crippen LogP) is 2.19. The highest BCUT2D eigenvalue weighted by Crippen LogP contribution is 2.32. The zero-order chi connectivity index (χ0) is 15.5. The van der Waals surface area contributed by atoms with E-state index in [2.05, 4.69) is 4.90 Å². The zero-order valence-corrected chi connectivity index (χ0v) is 12.8. The molecule has 0 saturated carbocycles. The van der Waals surface area contributed by atoms with Crippen molar-refractivity contribution in [2.24, 2.45) is 0 Å². The van der Waals surface area contributed by atoms with Gasteiger partial charge in [-0.3, -0.25) is 0 Å². The van der Waals surface area contributed by atoms with Crippen LogP contribution in [-0.4, -0.2) is 36.4 Å². The average Bonchev–Trinajstić information content (AvgIpc) is 2.60. The number of esters is 1. The number of rotatable bonds is 3. The molecule has 1 aliphatic rings. The normalized spacial score (nSPS) is 22.7. The fourth-order valence-corrected chi connectivity index (χ4v) is 2.77. The second-order valence-corrected chi connectivity index (χ2v) is 5.80. The van der Waals surface area contributed by atoms with Crippen LogP contribution in [0.4, 0.5) is 11.4 Å². The highest BCUT2D eigenvalue weighted by molar-refractivity contribution is 5.99. The summed E-state index contributed by atoms with van der Waals surface area (Å²) in [6.45, 7) is 5.43. The number of hydrogen-bond donors (Lipinski definition) is 2. The van der Waals surface area contributed by atoms with E-state index in [0.29, 0.717) is 30.8 Å². The molecule has 1 unspecified atom stereocenters. The van der Waals surface area contributed by atoms with E-state index in [9.17, 15) is 9.90 Å². The molecule has 1 fully saturated rings. The maximum absolute atomic E-state index is 12.1. The molecule has 0 aromatic heterocycles.